The molecule has 0 saturated carbocycles. The Bertz CT molecular complexity index is 395. The van der Waals surface area contributed by atoms with Crippen LogP contribution in [0.15, 0.2) is 6.20 Å². The maximum Gasteiger partial charge on any atom is 0.0726 e. The Labute approximate surface area is 122 Å². The van der Waals surface area contributed by atoms with Gasteiger partial charge in [0.1, 0.15) is 0 Å². The fraction of sp³-hybridized carbons (Fsp3) is 0.800. The lowest BCUT2D eigenvalue weighted by Crippen LogP contribution is -2.31. The van der Waals surface area contributed by atoms with Gasteiger partial charge in [0.25, 0.3) is 0 Å². The van der Waals surface area contributed by atoms with Gasteiger partial charge < -0.3 is 16.2 Å². The smallest absolute Gasteiger partial charge is 0.0726 e. The monoisotopic (exact) mass is 282 g/mol. The topological polar surface area (TPSA) is 76.1 Å². The van der Waals surface area contributed by atoms with Crippen molar-refractivity contribution in [3.8, 4) is 0 Å². The van der Waals surface area contributed by atoms with Crippen molar-refractivity contribution in [2.45, 2.75) is 51.5 Å². The molecule has 0 spiro atoms. The number of aliphatic hydroxyl groups is 1. The molecule has 0 saturated heterocycles. The Morgan fingerprint density at radius 3 is 2.60 bits per heavy atom. The lowest BCUT2D eigenvalue weighted by molar-refractivity contribution is 0.282. The molecule has 116 valence electrons. The Kier molecular flexibility index (Phi) is 6.65. The van der Waals surface area contributed by atoms with E-state index in [4.69, 9.17) is 10.8 Å². The molecule has 0 aliphatic rings. The molecule has 1 heterocycles. The second-order valence-electron chi connectivity index (χ2n) is 6.38. The SMILES string of the molecule is Cn1cc(C(CN)NCCCCCO)c(C(C)(C)C)n1. The summed E-state index contributed by atoms with van der Waals surface area (Å²) in [6.07, 6.45) is 5.04. The third-order valence-electron chi connectivity index (χ3n) is 3.40. The molecule has 1 aromatic rings. The lowest BCUT2D eigenvalue weighted by Gasteiger charge is -2.22. The van der Waals surface area contributed by atoms with Gasteiger partial charge in [-0.15, -0.1) is 0 Å². The predicted molar refractivity (Wildman–Crippen MR) is 82.6 cm³/mol. The molecule has 20 heavy (non-hydrogen) atoms. The van der Waals surface area contributed by atoms with Crippen molar-refractivity contribution in [3.63, 3.8) is 0 Å². The Hall–Kier alpha value is -0.910. The van der Waals surface area contributed by atoms with Gasteiger partial charge in [0.2, 0.25) is 0 Å². The van der Waals surface area contributed by atoms with Gasteiger partial charge in [0.15, 0.2) is 0 Å². The number of hydrogen-bond donors (Lipinski definition) is 3. The first kappa shape index (κ1) is 17.1. The molecule has 4 N–H and O–H groups in total. The van der Waals surface area contributed by atoms with E-state index in [1.165, 1.54) is 5.56 Å². The van der Waals surface area contributed by atoms with Crippen LogP contribution in [0, 0.1) is 0 Å². The highest BCUT2D eigenvalue weighted by molar-refractivity contribution is 5.27. The summed E-state index contributed by atoms with van der Waals surface area (Å²) in [6.45, 7) is 8.28. The average molecular weight is 282 g/mol. The Morgan fingerprint density at radius 2 is 2.05 bits per heavy atom. The summed E-state index contributed by atoms with van der Waals surface area (Å²) in [5.41, 5.74) is 8.25. The van der Waals surface area contributed by atoms with Gasteiger partial charge in [-0.25, -0.2) is 0 Å². The standard InChI is InChI=1S/C15H30N4O/c1-15(2,3)14-12(11-19(4)18-14)13(10-16)17-8-6-5-7-9-20/h11,13,17,20H,5-10,16H2,1-4H3. The molecule has 1 rings (SSSR count). The minimum atomic E-state index is 0.0165. The number of nitrogens with zero attached hydrogens (tertiary/aromatic N) is 2. The van der Waals surface area contributed by atoms with E-state index in [0.29, 0.717) is 6.54 Å². The molecule has 0 aromatic carbocycles. The number of aryl methyl sites for hydroxylation is 1. The molecule has 0 aliphatic carbocycles. The van der Waals surface area contributed by atoms with Crippen molar-refractivity contribution in [2.24, 2.45) is 12.8 Å². The first-order chi connectivity index (χ1) is 9.40. The number of nitrogens with two attached hydrogens (primary N) is 1. The van der Waals surface area contributed by atoms with Gasteiger partial charge in [-0.1, -0.05) is 20.8 Å². The van der Waals surface area contributed by atoms with Crippen LogP contribution >= 0.6 is 0 Å². The van der Waals surface area contributed by atoms with E-state index < -0.39 is 0 Å². The first-order valence-corrected chi connectivity index (χ1v) is 7.48. The van der Waals surface area contributed by atoms with Crippen LogP contribution in [-0.2, 0) is 12.5 Å². The number of aliphatic hydroxyl groups excluding tert-OH is 1. The Balaban J connectivity index is 2.70. The molecular formula is C15H30N4O. The second-order valence-corrected chi connectivity index (χ2v) is 6.38. The van der Waals surface area contributed by atoms with E-state index in [9.17, 15) is 0 Å². The third kappa shape index (κ3) is 4.89. The predicted octanol–water partition coefficient (Wildman–Crippen LogP) is 1.47. The van der Waals surface area contributed by atoms with Crippen molar-refractivity contribution in [3.05, 3.63) is 17.5 Å². The maximum atomic E-state index is 8.78. The lowest BCUT2D eigenvalue weighted by atomic mass is 9.87. The van der Waals surface area contributed by atoms with E-state index in [1.54, 1.807) is 0 Å². The van der Waals surface area contributed by atoms with Crippen LogP contribution in [0.5, 0.6) is 0 Å². The zero-order valence-corrected chi connectivity index (χ0v) is 13.3. The van der Waals surface area contributed by atoms with Crippen molar-refractivity contribution >= 4 is 0 Å². The van der Waals surface area contributed by atoms with Crippen molar-refractivity contribution in [1.29, 1.82) is 0 Å². The van der Waals surface area contributed by atoms with Gasteiger partial charge in [-0.2, -0.15) is 5.10 Å². The second kappa shape index (κ2) is 7.76. The molecule has 1 atom stereocenters. The summed E-state index contributed by atoms with van der Waals surface area (Å²) >= 11 is 0. The zero-order valence-electron chi connectivity index (χ0n) is 13.3. The highest BCUT2D eigenvalue weighted by Gasteiger charge is 2.25. The van der Waals surface area contributed by atoms with Crippen LogP contribution in [-0.4, -0.2) is 34.6 Å². The van der Waals surface area contributed by atoms with Gasteiger partial charge in [-0.3, -0.25) is 4.68 Å². The molecule has 0 fully saturated rings. The molecule has 1 aromatic heterocycles. The molecule has 1 unspecified atom stereocenters. The van der Waals surface area contributed by atoms with Crippen molar-refractivity contribution in [1.82, 2.24) is 15.1 Å². The quantitative estimate of drug-likeness (QED) is 0.631. The molecule has 0 amide bonds. The van der Waals surface area contributed by atoms with Crippen LogP contribution in [0.25, 0.3) is 0 Å². The van der Waals surface area contributed by atoms with Crippen LogP contribution in [0.1, 0.15) is 57.3 Å². The summed E-state index contributed by atoms with van der Waals surface area (Å²) < 4.78 is 1.87. The zero-order chi connectivity index (χ0) is 15.2. The number of aromatic nitrogens is 2. The van der Waals surface area contributed by atoms with E-state index in [-0.39, 0.29) is 18.1 Å². The van der Waals surface area contributed by atoms with Gasteiger partial charge in [0, 0.05) is 43.4 Å². The molecule has 5 heteroatoms. The molecule has 5 nitrogen and oxygen atoms in total. The van der Waals surface area contributed by atoms with Crippen molar-refractivity contribution in [2.75, 3.05) is 19.7 Å². The number of nitrogens with one attached hydrogen (secondary N) is 1. The molecule has 0 bridgehead atoms. The molecule has 0 radical (unpaired) electrons. The summed E-state index contributed by atoms with van der Waals surface area (Å²) in [4.78, 5) is 0. The minimum absolute atomic E-state index is 0.0165. The van der Waals surface area contributed by atoms with Gasteiger partial charge >= 0.3 is 0 Å². The highest BCUT2D eigenvalue weighted by atomic mass is 16.2. The van der Waals surface area contributed by atoms with Crippen LogP contribution in [0.2, 0.25) is 0 Å². The Morgan fingerprint density at radius 1 is 1.35 bits per heavy atom. The fourth-order valence-corrected chi connectivity index (χ4v) is 2.35. The van der Waals surface area contributed by atoms with Crippen LogP contribution in [0.4, 0.5) is 0 Å². The van der Waals surface area contributed by atoms with E-state index in [2.05, 4.69) is 37.4 Å². The van der Waals surface area contributed by atoms with E-state index in [1.807, 2.05) is 11.7 Å². The summed E-state index contributed by atoms with van der Waals surface area (Å²) in [7, 11) is 1.95. The van der Waals surface area contributed by atoms with E-state index in [0.717, 1.165) is 31.5 Å². The van der Waals surface area contributed by atoms with Gasteiger partial charge in [-0.05, 0) is 25.8 Å². The number of rotatable bonds is 8. The fourth-order valence-electron chi connectivity index (χ4n) is 2.35. The maximum absolute atomic E-state index is 8.78. The third-order valence-corrected chi connectivity index (χ3v) is 3.40. The van der Waals surface area contributed by atoms with Gasteiger partial charge in [0.05, 0.1) is 5.69 Å². The van der Waals surface area contributed by atoms with Crippen LogP contribution in [0.3, 0.4) is 0 Å². The number of unbranched alkanes of at least 4 members (excludes halogenated alkanes) is 2. The highest BCUT2D eigenvalue weighted by Crippen LogP contribution is 2.28. The largest absolute Gasteiger partial charge is 0.396 e. The number of hydrogen-bond acceptors (Lipinski definition) is 4. The van der Waals surface area contributed by atoms with E-state index >= 15 is 0 Å². The molecular weight excluding hydrogens is 252 g/mol. The normalized spacial score (nSPS) is 13.7. The van der Waals surface area contributed by atoms with Crippen molar-refractivity contribution < 1.29 is 5.11 Å². The summed E-state index contributed by atoms with van der Waals surface area (Å²) in [5, 5.41) is 16.9. The minimum Gasteiger partial charge on any atom is -0.396 e. The average Bonchev–Trinajstić information content (AvgIpc) is 2.76. The summed E-state index contributed by atoms with van der Waals surface area (Å²) in [6, 6.07) is 0.145. The van der Waals surface area contributed by atoms with Crippen LogP contribution < -0.4 is 11.1 Å². The summed E-state index contributed by atoms with van der Waals surface area (Å²) in [5.74, 6) is 0. The molecule has 0 aliphatic heterocycles. The first-order valence-electron chi connectivity index (χ1n) is 7.48.